The van der Waals surface area contributed by atoms with Crippen LogP contribution in [0.15, 0.2) is 23.2 Å². The first-order valence-corrected chi connectivity index (χ1v) is 7.07. The maximum atomic E-state index is 11.6. The van der Waals surface area contributed by atoms with Gasteiger partial charge in [0.25, 0.3) is 0 Å². The van der Waals surface area contributed by atoms with Crippen molar-refractivity contribution in [3.8, 4) is 0 Å². The number of aromatic nitrogens is 1. The normalized spacial score (nSPS) is 12.5. The van der Waals surface area contributed by atoms with E-state index in [0.717, 1.165) is 0 Å². The van der Waals surface area contributed by atoms with Gasteiger partial charge in [0.2, 0.25) is 0 Å². The molecule has 1 N–H and O–H groups in total. The second-order valence-electron chi connectivity index (χ2n) is 4.56. The molecule has 0 saturated heterocycles. The lowest BCUT2D eigenvalue weighted by atomic mass is 10.1. The van der Waals surface area contributed by atoms with E-state index >= 15 is 0 Å². The smallest absolute Gasteiger partial charge is 0.179 e. The van der Waals surface area contributed by atoms with Crippen molar-refractivity contribution in [2.24, 2.45) is 0 Å². The Morgan fingerprint density at radius 3 is 2.65 bits per heavy atom. The Morgan fingerprint density at radius 1 is 1.47 bits per heavy atom. The van der Waals surface area contributed by atoms with Crippen molar-refractivity contribution in [3.63, 3.8) is 0 Å². The van der Waals surface area contributed by atoms with Crippen LogP contribution < -0.4 is 5.32 Å². The van der Waals surface area contributed by atoms with Crippen molar-refractivity contribution in [1.82, 2.24) is 4.98 Å². The summed E-state index contributed by atoms with van der Waals surface area (Å²) in [5.41, 5.74) is -0.386. The molecule has 0 aliphatic rings. The highest BCUT2D eigenvalue weighted by atomic mass is 32.2. The Hall–Kier alpha value is -1.14. The summed E-state index contributed by atoms with van der Waals surface area (Å²) in [6.07, 6.45) is 2.72. The van der Waals surface area contributed by atoms with Gasteiger partial charge in [-0.15, -0.1) is 0 Å². The minimum atomic E-state index is -3.29. The van der Waals surface area contributed by atoms with Crippen molar-refractivity contribution in [3.05, 3.63) is 18.3 Å². The summed E-state index contributed by atoms with van der Waals surface area (Å²) in [4.78, 5) is 4.27. The average Bonchev–Trinajstić information content (AvgIpc) is 2.15. The van der Waals surface area contributed by atoms with Crippen LogP contribution >= 0.6 is 0 Å². The number of hydrogen-bond donors (Lipinski definition) is 1. The number of nitrogens with one attached hydrogen (secondary N) is 1. The van der Waals surface area contributed by atoms with Gasteiger partial charge in [0, 0.05) is 19.6 Å². The second kappa shape index (κ2) is 5.01. The highest BCUT2D eigenvalue weighted by Gasteiger charge is 2.22. The van der Waals surface area contributed by atoms with Crippen LogP contribution in [0.2, 0.25) is 0 Å². The van der Waals surface area contributed by atoms with E-state index < -0.39 is 9.84 Å². The molecule has 0 spiro atoms. The Bertz CT molecular complexity index is 483. The van der Waals surface area contributed by atoms with Crippen LogP contribution in [0, 0.1) is 0 Å². The Labute approximate surface area is 102 Å². The predicted molar refractivity (Wildman–Crippen MR) is 66.9 cm³/mol. The van der Waals surface area contributed by atoms with Crippen molar-refractivity contribution in [2.75, 3.05) is 25.3 Å². The molecular formula is C11H18N2O3S. The lowest BCUT2D eigenvalue weighted by molar-refractivity contribution is 0.158. The Morgan fingerprint density at radius 2 is 2.12 bits per heavy atom. The van der Waals surface area contributed by atoms with Crippen molar-refractivity contribution < 1.29 is 13.2 Å². The van der Waals surface area contributed by atoms with Gasteiger partial charge in [0.05, 0.1) is 12.1 Å². The van der Waals surface area contributed by atoms with Crippen LogP contribution in [0.25, 0.3) is 0 Å². The van der Waals surface area contributed by atoms with Gasteiger partial charge >= 0.3 is 0 Å². The molecule has 6 heteroatoms. The summed E-state index contributed by atoms with van der Waals surface area (Å²) in [6.45, 7) is 4.28. The van der Waals surface area contributed by atoms with Crippen LogP contribution in [0.1, 0.15) is 13.8 Å². The number of rotatable bonds is 5. The third kappa shape index (κ3) is 3.98. The van der Waals surface area contributed by atoms with Crippen LogP contribution in [-0.2, 0) is 14.6 Å². The molecule has 1 heterocycles. The fourth-order valence-corrected chi connectivity index (χ4v) is 2.28. The van der Waals surface area contributed by atoms with Crippen molar-refractivity contribution in [1.29, 1.82) is 0 Å². The van der Waals surface area contributed by atoms with E-state index in [4.69, 9.17) is 4.74 Å². The van der Waals surface area contributed by atoms with E-state index in [2.05, 4.69) is 10.3 Å². The molecule has 0 fully saturated rings. The number of pyridine rings is 1. The molecule has 17 heavy (non-hydrogen) atoms. The molecule has 0 aliphatic carbocycles. The van der Waals surface area contributed by atoms with Crippen LogP contribution in [0.5, 0.6) is 0 Å². The van der Waals surface area contributed by atoms with Gasteiger partial charge in [-0.05, 0) is 26.0 Å². The summed E-state index contributed by atoms with van der Waals surface area (Å²) in [5.74, 6) is 0.358. The molecule has 5 nitrogen and oxygen atoms in total. The van der Waals surface area contributed by atoms with Crippen LogP contribution in [0.4, 0.5) is 5.82 Å². The first-order valence-electron chi connectivity index (χ1n) is 5.18. The zero-order valence-corrected chi connectivity index (χ0v) is 11.3. The van der Waals surface area contributed by atoms with E-state index in [0.29, 0.717) is 12.4 Å². The van der Waals surface area contributed by atoms with Gasteiger partial charge in [-0.1, -0.05) is 0 Å². The SMILES string of the molecule is COCC(C)(C)Nc1ncccc1S(C)(=O)=O. The Kier molecular flexibility index (Phi) is 4.11. The summed E-state index contributed by atoms with van der Waals surface area (Å²) in [6, 6.07) is 3.14. The lowest BCUT2D eigenvalue weighted by Crippen LogP contribution is -2.36. The lowest BCUT2D eigenvalue weighted by Gasteiger charge is -2.26. The molecule has 0 atom stereocenters. The molecule has 0 amide bonds. The van der Waals surface area contributed by atoms with Gasteiger partial charge in [0.1, 0.15) is 10.7 Å². The summed E-state index contributed by atoms with van der Waals surface area (Å²) < 4.78 is 28.2. The third-order valence-corrected chi connectivity index (χ3v) is 3.26. The zero-order valence-electron chi connectivity index (χ0n) is 10.5. The molecule has 96 valence electrons. The average molecular weight is 258 g/mol. The molecule has 1 aromatic rings. The summed E-state index contributed by atoms with van der Waals surface area (Å²) >= 11 is 0. The number of methoxy groups -OCH3 is 1. The van der Waals surface area contributed by atoms with Crippen molar-refractivity contribution >= 4 is 15.7 Å². The highest BCUT2D eigenvalue weighted by molar-refractivity contribution is 7.90. The largest absolute Gasteiger partial charge is 0.382 e. The molecule has 0 bridgehead atoms. The van der Waals surface area contributed by atoms with Gasteiger partial charge in [-0.3, -0.25) is 0 Å². The topological polar surface area (TPSA) is 68.3 Å². The summed E-state index contributed by atoms with van der Waals surface area (Å²) in [5, 5.41) is 3.08. The Balaban J connectivity index is 3.08. The monoisotopic (exact) mass is 258 g/mol. The fourth-order valence-electron chi connectivity index (χ4n) is 1.50. The number of sulfone groups is 1. The molecule has 0 saturated carbocycles. The molecule has 0 aliphatic heterocycles. The quantitative estimate of drug-likeness (QED) is 0.862. The molecule has 0 aromatic carbocycles. The molecular weight excluding hydrogens is 240 g/mol. The van der Waals surface area contributed by atoms with Crippen molar-refractivity contribution in [2.45, 2.75) is 24.3 Å². The fraction of sp³-hybridized carbons (Fsp3) is 0.545. The van der Waals surface area contributed by atoms with E-state index in [1.807, 2.05) is 13.8 Å². The van der Waals surface area contributed by atoms with E-state index in [-0.39, 0.29) is 10.4 Å². The van der Waals surface area contributed by atoms with E-state index in [9.17, 15) is 8.42 Å². The summed E-state index contributed by atoms with van der Waals surface area (Å²) in [7, 11) is -1.69. The minimum Gasteiger partial charge on any atom is -0.382 e. The van der Waals surface area contributed by atoms with Gasteiger partial charge in [0.15, 0.2) is 9.84 Å². The first-order chi connectivity index (χ1) is 7.76. The maximum absolute atomic E-state index is 11.6. The van der Waals surface area contributed by atoms with E-state index in [1.165, 1.54) is 12.3 Å². The molecule has 0 unspecified atom stereocenters. The van der Waals surface area contributed by atoms with Gasteiger partial charge in [-0.25, -0.2) is 13.4 Å². The second-order valence-corrected chi connectivity index (χ2v) is 6.55. The third-order valence-electron chi connectivity index (χ3n) is 2.13. The zero-order chi connectivity index (χ0) is 13.1. The number of ether oxygens (including phenoxy) is 1. The highest BCUT2D eigenvalue weighted by Crippen LogP contribution is 2.21. The minimum absolute atomic E-state index is 0.198. The van der Waals surface area contributed by atoms with Gasteiger partial charge < -0.3 is 10.1 Å². The molecule has 1 rings (SSSR count). The number of nitrogens with zero attached hydrogens (tertiary/aromatic N) is 1. The molecule has 0 radical (unpaired) electrons. The van der Waals surface area contributed by atoms with E-state index in [1.54, 1.807) is 19.4 Å². The van der Waals surface area contributed by atoms with Gasteiger partial charge in [-0.2, -0.15) is 0 Å². The number of anilines is 1. The number of hydrogen-bond acceptors (Lipinski definition) is 5. The van der Waals surface area contributed by atoms with Crippen LogP contribution in [-0.4, -0.2) is 38.9 Å². The first kappa shape index (κ1) is 13.9. The maximum Gasteiger partial charge on any atom is 0.179 e. The standard InChI is InChI=1S/C11H18N2O3S/c1-11(2,8-16-3)13-10-9(17(4,14)15)6-5-7-12-10/h5-7H,8H2,1-4H3,(H,12,13). The predicted octanol–water partition coefficient (Wildman–Crippen LogP) is 1.32. The van der Waals surface area contributed by atoms with Crippen LogP contribution in [0.3, 0.4) is 0 Å². The molecule has 1 aromatic heterocycles.